The summed E-state index contributed by atoms with van der Waals surface area (Å²) in [4.78, 5) is 18.6. The SMILES string of the molecule is CCN(CC)c1ccc(NC(=O)c2ccc(Cl)cc2)cn1. The van der Waals surface area contributed by atoms with Gasteiger partial charge in [-0.25, -0.2) is 4.98 Å². The van der Waals surface area contributed by atoms with Crippen LogP contribution in [0.25, 0.3) is 0 Å². The highest BCUT2D eigenvalue weighted by atomic mass is 35.5. The lowest BCUT2D eigenvalue weighted by Crippen LogP contribution is -2.22. The van der Waals surface area contributed by atoms with Crippen molar-refractivity contribution < 1.29 is 4.79 Å². The number of aromatic nitrogens is 1. The number of hydrogen-bond donors (Lipinski definition) is 1. The van der Waals surface area contributed by atoms with Gasteiger partial charge in [-0.05, 0) is 50.2 Å². The van der Waals surface area contributed by atoms with Crippen LogP contribution in [-0.2, 0) is 0 Å². The maximum atomic E-state index is 12.1. The highest BCUT2D eigenvalue weighted by molar-refractivity contribution is 6.30. The van der Waals surface area contributed by atoms with E-state index in [-0.39, 0.29) is 5.91 Å². The van der Waals surface area contributed by atoms with Crippen molar-refractivity contribution >= 4 is 29.0 Å². The van der Waals surface area contributed by atoms with Crippen LogP contribution in [0.5, 0.6) is 0 Å². The Morgan fingerprint density at radius 1 is 1.14 bits per heavy atom. The fourth-order valence-electron chi connectivity index (χ4n) is 2.00. The van der Waals surface area contributed by atoms with Crippen molar-refractivity contribution in [3.63, 3.8) is 0 Å². The van der Waals surface area contributed by atoms with E-state index in [2.05, 4.69) is 29.0 Å². The maximum absolute atomic E-state index is 12.1. The van der Waals surface area contributed by atoms with Gasteiger partial charge in [0.05, 0.1) is 11.9 Å². The molecule has 1 heterocycles. The number of benzene rings is 1. The first-order valence-corrected chi connectivity index (χ1v) is 7.29. The molecule has 0 saturated heterocycles. The fourth-order valence-corrected chi connectivity index (χ4v) is 2.13. The number of hydrogen-bond acceptors (Lipinski definition) is 3. The minimum Gasteiger partial charge on any atom is -0.357 e. The molecule has 0 bridgehead atoms. The zero-order chi connectivity index (χ0) is 15.2. The molecule has 5 heteroatoms. The van der Waals surface area contributed by atoms with Crippen LogP contribution in [0.15, 0.2) is 42.6 Å². The molecule has 1 aromatic heterocycles. The van der Waals surface area contributed by atoms with Gasteiger partial charge in [-0.15, -0.1) is 0 Å². The topological polar surface area (TPSA) is 45.2 Å². The van der Waals surface area contributed by atoms with Gasteiger partial charge in [-0.1, -0.05) is 11.6 Å². The molecular weight excluding hydrogens is 286 g/mol. The lowest BCUT2D eigenvalue weighted by molar-refractivity contribution is 0.102. The van der Waals surface area contributed by atoms with Crippen LogP contribution in [0.4, 0.5) is 11.5 Å². The lowest BCUT2D eigenvalue weighted by Gasteiger charge is -2.19. The van der Waals surface area contributed by atoms with Crippen LogP contribution >= 0.6 is 11.6 Å². The molecule has 0 fully saturated rings. The number of pyridine rings is 1. The van der Waals surface area contributed by atoms with Crippen molar-refractivity contribution in [1.82, 2.24) is 4.98 Å². The number of halogens is 1. The molecular formula is C16H18ClN3O. The Morgan fingerprint density at radius 2 is 1.81 bits per heavy atom. The quantitative estimate of drug-likeness (QED) is 0.913. The zero-order valence-corrected chi connectivity index (χ0v) is 12.9. The number of carbonyl (C=O) groups is 1. The Bertz CT molecular complexity index is 592. The van der Waals surface area contributed by atoms with E-state index in [1.165, 1.54) is 0 Å². The first-order chi connectivity index (χ1) is 10.1. The van der Waals surface area contributed by atoms with Crippen LogP contribution in [0, 0.1) is 0 Å². The van der Waals surface area contributed by atoms with Gasteiger partial charge in [0, 0.05) is 23.7 Å². The summed E-state index contributed by atoms with van der Waals surface area (Å²) in [6.07, 6.45) is 1.67. The van der Waals surface area contributed by atoms with E-state index in [9.17, 15) is 4.79 Å². The van der Waals surface area contributed by atoms with Crippen LogP contribution in [-0.4, -0.2) is 24.0 Å². The third kappa shape index (κ3) is 3.95. The maximum Gasteiger partial charge on any atom is 0.255 e. The van der Waals surface area contributed by atoms with Gasteiger partial charge in [0.15, 0.2) is 0 Å². The average molecular weight is 304 g/mol. The van der Waals surface area contributed by atoms with E-state index in [4.69, 9.17) is 11.6 Å². The third-order valence-corrected chi connectivity index (χ3v) is 3.45. The summed E-state index contributed by atoms with van der Waals surface area (Å²) in [6, 6.07) is 10.5. The molecule has 1 amide bonds. The van der Waals surface area contributed by atoms with Crippen molar-refractivity contribution in [2.75, 3.05) is 23.3 Å². The molecule has 0 unspecified atom stereocenters. The minimum absolute atomic E-state index is 0.177. The van der Waals surface area contributed by atoms with Gasteiger partial charge in [-0.2, -0.15) is 0 Å². The number of nitrogens with zero attached hydrogens (tertiary/aromatic N) is 2. The van der Waals surface area contributed by atoms with Crippen molar-refractivity contribution in [2.45, 2.75) is 13.8 Å². The van der Waals surface area contributed by atoms with Gasteiger partial charge >= 0.3 is 0 Å². The summed E-state index contributed by atoms with van der Waals surface area (Å²) < 4.78 is 0. The Labute approximate surface area is 129 Å². The molecule has 21 heavy (non-hydrogen) atoms. The fraction of sp³-hybridized carbons (Fsp3) is 0.250. The molecule has 110 valence electrons. The number of rotatable bonds is 5. The predicted molar refractivity (Wildman–Crippen MR) is 87.2 cm³/mol. The van der Waals surface area contributed by atoms with Gasteiger partial charge < -0.3 is 10.2 Å². The molecule has 0 radical (unpaired) electrons. The smallest absolute Gasteiger partial charge is 0.255 e. The Hall–Kier alpha value is -2.07. The van der Waals surface area contributed by atoms with Gasteiger partial charge in [0.25, 0.3) is 5.91 Å². The summed E-state index contributed by atoms with van der Waals surface area (Å²) in [6.45, 7) is 5.97. The van der Waals surface area contributed by atoms with Crippen LogP contribution < -0.4 is 10.2 Å². The normalized spacial score (nSPS) is 10.2. The summed E-state index contributed by atoms with van der Waals surface area (Å²) >= 11 is 5.80. The van der Waals surface area contributed by atoms with Crippen LogP contribution in [0.3, 0.4) is 0 Å². The van der Waals surface area contributed by atoms with E-state index in [0.29, 0.717) is 16.3 Å². The van der Waals surface area contributed by atoms with Gasteiger partial charge in [0.2, 0.25) is 0 Å². The minimum atomic E-state index is -0.177. The Kier molecular flexibility index (Phi) is 5.17. The van der Waals surface area contributed by atoms with Gasteiger partial charge in [-0.3, -0.25) is 4.79 Å². The number of anilines is 2. The van der Waals surface area contributed by atoms with Crippen LogP contribution in [0.1, 0.15) is 24.2 Å². The highest BCUT2D eigenvalue weighted by Gasteiger charge is 2.07. The molecule has 2 rings (SSSR count). The first-order valence-electron chi connectivity index (χ1n) is 6.92. The standard InChI is InChI=1S/C16H18ClN3O/c1-3-20(4-2)15-10-9-14(11-18-15)19-16(21)12-5-7-13(17)8-6-12/h5-11H,3-4H2,1-2H3,(H,19,21). The summed E-state index contributed by atoms with van der Waals surface area (Å²) in [7, 11) is 0. The van der Waals surface area contributed by atoms with E-state index >= 15 is 0 Å². The second-order valence-electron chi connectivity index (χ2n) is 4.54. The Balaban J connectivity index is 2.06. The molecule has 0 atom stereocenters. The second kappa shape index (κ2) is 7.09. The van der Waals surface area contributed by atoms with Crippen LogP contribution in [0.2, 0.25) is 5.02 Å². The van der Waals surface area contributed by atoms with Crippen molar-refractivity contribution in [2.24, 2.45) is 0 Å². The van der Waals surface area contributed by atoms with Crippen molar-refractivity contribution in [3.05, 3.63) is 53.2 Å². The summed E-state index contributed by atoms with van der Waals surface area (Å²) in [5.41, 5.74) is 1.23. The summed E-state index contributed by atoms with van der Waals surface area (Å²) in [5, 5.41) is 3.42. The molecule has 2 aromatic rings. The molecule has 0 aliphatic carbocycles. The van der Waals surface area contributed by atoms with E-state index in [1.807, 2.05) is 12.1 Å². The van der Waals surface area contributed by atoms with Crippen molar-refractivity contribution in [3.8, 4) is 0 Å². The molecule has 1 N–H and O–H groups in total. The largest absolute Gasteiger partial charge is 0.357 e. The molecule has 0 aliphatic rings. The van der Waals surface area contributed by atoms with E-state index in [1.54, 1.807) is 30.5 Å². The van der Waals surface area contributed by atoms with Crippen molar-refractivity contribution in [1.29, 1.82) is 0 Å². The van der Waals surface area contributed by atoms with E-state index < -0.39 is 0 Å². The molecule has 0 aliphatic heterocycles. The molecule has 0 spiro atoms. The predicted octanol–water partition coefficient (Wildman–Crippen LogP) is 3.83. The van der Waals surface area contributed by atoms with Gasteiger partial charge in [0.1, 0.15) is 5.82 Å². The third-order valence-electron chi connectivity index (χ3n) is 3.20. The molecule has 1 aromatic carbocycles. The second-order valence-corrected chi connectivity index (χ2v) is 4.97. The molecule has 4 nitrogen and oxygen atoms in total. The van der Waals surface area contributed by atoms with E-state index in [0.717, 1.165) is 18.9 Å². The lowest BCUT2D eigenvalue weighted by atomic mass is 10.2. The summed E-state index contributed by atoms with van der Waals surface area (Å²) in [5.74, 6) is 0.730. The number of nitrogens with one attached hydrogen (secondary N) is 1. The number of carbonyl (C=O) groups excluding carboxylic acids is 1. The first kappa shape index (κ1) is 15.3. The zero-order valence-electron chi connectivity index (χ0n) is 12.1. The average Bonchev–Trinajstić information content (AvgIpc) is 2.51. The monoisotopic (exact) mass is 303 g/mol. The number of amides is 1. The highest BCUT2D eigenvalue weighted by Crippen LogP contribution is 2.15. The Morgan fingerprint density at radius 3 is 2.33 bits per heavy atom. The molecule has 0 saturated carbocycles.